The third-order valence-corrected chi connectivity index (χ3v) is 2.93. The fraction of sp³-hybridized carbons (Fsp3) is 0.188. The van der Waals surface area contributed by atoms with E-state index in [1.54, 1.807) is 12.1 Å². The minimum atomic E-state index is -0.629. The summed E-state index contributed by atoms with van der Waals surface area (Å²) in [6, 6.07) is 9.73. The van der Waals surface area contributed by atoms with Gasteiger partial charge in [-0.3, -0.25) is 4.79 Å². The molecule has 21 heavy (non-hydrogen) atoms. The molecule has 0 spiro atoms. The number of carbonyl (C=O) groups is 1. The third-order valence-electron chi connectivity index (χ3n) is 2.93. The van der Waals surface area contributed by atoms with Crippen molar-refractivity contribution in [2.24, 2.45) is 0 Å². The fourth-order valence-corrected chi connectivity index (χ4v) is 2.02. The van der Waals surface area contributed by atoms with Gasteiger partial charge in [0.05, 0.1) is 6.42 Å². The van der Waals surface area contributed by atoms with E-state index in [-0.39, 0.29) is 18.1 Å². The van der Waals surface area contributed by atoms with Gasteiger partial charge in [-0.25, -0.2) is 8.78 Å². The molecule has 0 aromatic heterocycles. The van der Waals surface area contributed by atoms with Gasteiger partial charge in [0.25, 0.3) is 0 Å². The first-order valence-electron chi connectivity index (χ1n) is 6.52. The number of nitrogens with one attached hydrogen (secondary N) is 1. The van der Waals surface area contributed by atoms with E-state index in [1.165, 1.54) is 24.3 Å². The molecule has 0 aliphatic heterocycles. The van der Waals surface area contributed by atoms with Crippen molar-refractivity contribution < 1.29 is 18.7 Å². The smallest absolute Gasteiger partial charge is 0.224 e. The molecule has 0 radical (unpaired) electrons. The summed E-state index contributed by atoms with van der Waals surface area (Å²) in [6.45, 7) is 0.292. The van der Waals surface area contributed by atoms with E-state index in [0.717, 1.165) is 6.07 Å². The number of rotatable bonds is 5. The zero-order valence-corrected chi connectivity index (χ0v) is 11.3. The standard InChI is InChI=1S/C16H15F2NO2/c17-13-6-12(7-14(18)10-13)4-5-19-16(21)9-11-2-1-3-15(20)8-11/h1-3,6-8,10,20H,4-5,9H2,(H,19,21). The third kappa shape index (κ3) is 4.87. The number of hydrogen-bond donors (Lipinski definition) is 2. The number of phenols is 1. The molecule has 2 aromatic carbocycles. The van der Waals surface area contributed by atoms with Gasteiger partial charge in [0.1, 0.15) is 17.4 Å². The second-order valence-electron chi connectivity index (χ2n) is 4.72. The van der Waals surface area contributed by atoms with Crippen LogP contribution in [0, 0.1) is 11.6 Å². The van der Waals surface area contributed by atoms with E-state index in [0.29, 0.717) is 24.1 Å². The highest BCUT2D eigenvalue weighted by Crippen LogP contribution is 2.11. The van der Waals surface area contributed by atoms with Gasteiger partial charge in [-0.15, -0.1) is 0 Å². The normalized spacial score (nSPS) is 10.4. The fourth-order valence-electron chi connectivity index (χ4n) is 2.02. The summed E-state index contributed by atoms with van der Waals surface area (Å²) < 4.78 is 26.0. The lowest BCUT2D eigenvalue weighted by atomic mass is 10.1. The molecule has 2 aromatic rings. The van der Waals surface area contributed by atoms with Gasteiger partial charge >= 0.3 is 0 Å². The second kappa shape index (κ2) is 6.83. The topological polar surface area (TPSA) is 49.3 Å². The Bertz CT molecular complexity index is 624. The number of benzene rings is 2. The van der Waals surface area contributed by atoms with E-state index in [2.05, 4.69) is 5.32 Å². The summed E-state index contributed by atoms with van der Waals surface area (Å²) in [7, 11) is 0. The van der Waals surface area contributed by atoms with E-state index in [9.17, 15) is 18.7 Å². The van der Waals surface area contributed by atoms with Crippen LogP contribution in [-0.2, 0) is 17.6 Å². The highest BCUT2D eigenvalue weighted by molar-refractivity contribution is 5.78. The summed E-state index contributed by atoms with van der Waals surface area (Å²) in [4.78, 5) is 11.7. The Morgan fingerprint density at radius 3 is 2.43 bits per heavy atom. The van der Waals surface area contributed by atoms with Crippen molar-refractivity contribution in [3.8, 4) is 5.75 Å². The SMILES string of the molecule is O=C(Cc1cccc(O)c1)NCCc1cc(F)cc(F)c1. The van der Waals surface area contributed by atoms with Crippen LogP contribution in [0.4, 0.5) is 8.78 Å². The summed E-state index contributed by atoms with van der Waals surface area (Å²) in [5.74, 6) is -1.36. The first kappa shape index (κ1) is 15.0. The minimum Gasteiger partial charge on any atom is -0.508 e. The van der Waals surface area contributed by atoms with Crippen LogP contribution in [0.1, 0.15) is 11.1 Å². The first-order valence-corrected chi connectivity index (χ1v) is 6.52. The highest BCUT2D eigenvalue weighted by atomic mass is 19.1. The van der Waals surface area contributed by atoms with Gasteiger partial charge in [0.15, 0.2) is 0 Å². The maximum absolute atomic E-state index is 13.0. The van der Waals surface area contributed by atoms with Crippen molar-refractivity contribution in [3.05, 3.63) is 65.2 Å². The van der Waals surface area contributed by atoms with Crippen LogP contribution in [0.2, 0.25) is 0 Å². The van der Waals surface area contributed by atoms with Crippen LogP contribution in [-0.4, -0.2) is 17.6 Å². The average molecular weight is 291 g/mol. The second-order valence-corrected chi connectivity index (χ2v) is 4.72. The van der Waals surface area contributed by atoms with Gasteiger partial charge in [0, 0.05) is 12.6 Å². The minimum absolute atomic E-state index is 0.107. The lowest BCUT2D eigenvalue weighted by Crippen LogP contribution is -2.27. The van der Waals surface area contributed by atoms with Crippen LogP contribution in [0.5, 0.6) is 5.75 Å². The molecular weight excluding hydrogens is 276 g/mol. The van der Waals surface area contributed by atoms with Crippen molar-refractivity contribution in [1.82, 2.24) is 5.32 Å². The first-order chi connectivity index (χ1) is 10.0. The Labute approximate surface area is 121 Å². The van der Waals surface area contributed by atoms with Crippen molar-refractivity contribution in [2.45, 2.75) is 12.8 Å². The summed E-state index contributed by atoms with van der Waals surface area (Å²) >= 11 is 0. The molecule has 0 unspecified atom stereocenters. The van der Waals surface area contributed by atoms with Gasteiger partial charge in [-0.1, -0.05) is 12.1 Å². The number of carbonyl (C=O) groups excluding carboxylic acids is 1. The van der Waals surface area contributed by atoms with E-state index < -0.39 is 11.6 Å². The molecule has 2 N–H and O–H groups in total. The Morgan fingerprint density at radius 1 is 1.05 bits per heavy atom. The van der Waals surface area contributed by atoms with Crippen LogP contribution < -0.4 is 5.32 Å². The van der Waals surface area contributed by atoms with Gasteiger partial charge in [-0.2, -0.15) is 0 Å². The van der Waals surface area contributed by atoms with Gasteiger partial charge in [0.2, 0.25) is 5.91 Å². The monoisotopic (exact) mass is 291 g/mol. The van der Waals surface area contributed by atoms with Crippen molar-refractivity contribution in [3.63, 3.8) is 0 Å². The molecule has 0 fully saturated rings. The average Bonchev–Trinajstić information content (AvgIpc) is 2.37. The molecule has 0 atom stereocenters. The van der Waals surface area contributed by atoms with Gasteiger partial charge < -0.3 is 10.4 Å². The predicted octanol–water partition coefficient (Wildman–Crippen LogP) is 2.57. The van der Waals surface area contributed by atoms with E-state index in [4.69, 9.17) is 0 Å². The molecule has 3 nitrogen and oxygen atoms in total. The van der Waals surface area contributed by atoms with Crippen LogP contribution >= 0.6 is 0 Å². The van der Waals surface area contributed by atoms with E-state index >= 15 is 0 Å². The lowest BCUT2D eigenvalue weighted by Gasteiger charge is -2.06. The van der Waals surface area contributed by atoms with Crippen molar-refractivity contribution in [2.75, 3.05) is 6.54 Å². The quantitative estimate of drug-likeness (QED) is 0.889. The molecular formula is C16H15F2NO2. The largest absolute Gasteiger partial charge is 0.508 e. The number of aromatic hydroxyl groups is 1. The highest BCUT2D eigenvalue weighted by Gasteiger charge is 2.05. The number of phenolic OH excluding ortho intramolecular Hbond substituents is 1. The lowest BCUT2D eigenvalue weighted by molar-refractivity contribution is -0.120. The molecule has 0 bridgehead atoms. The molecule has 0 saturated heterocycles. The zero-order chi connectivity index (χ0) is 15.2. The molecule has 2 rings (SSSR count). The number of hydrogen-bond acceptors (Lipinski definition) is 2. The van der Waals surface area contributed by atoms with Crippen LogP contribution in [0.25, 0.3) is 0 Å². The Kier molecular flexibility index (Phi) is 4.87. The Hall–Kier alpha value is -2.43. The number of halogens is 2. The molecule has 5 heteroatoms. The van der Waals surface area contributed by atoms with Crippen LogP contribution in [0.3, 0.4) is 0 Å². The van der Waals surface area contributed by atoms with Gasteiger partial charge in [-0.05, 0) is 41.8 Å². The molecule has 1 amide bonds. The van der Waals surface area contributed by atoms with Crippen molar-refractivity contribution in [1.29, 1.82) is 0 Å². The maximum atomic E-state index is 13.0. The predicted molar refractivity (Wildman–Crippen MR) is 74.9 cm³/mol. The molecule has 0 heterocycles. The molecule has 0 aliphatic rings. The van der Waals surface area contributed by atoms with Crippen LogP contribution in [0.15, 0.2) is 42.5 Å². The van der Waals surface area contributed by atoms with Crippen molar-refractivity contribution >= 4 is 5.91 Å². The Balaban J connectivity index is 1.81. The Morgan fingerprint density at radius 2 is 1.76 bits per heavy atom. The summed E-state index contributed by atoms with van der Waals surface area (Å²) in [5, 5.41) is 12.0. The maximum Gasteiger partial charge on any atom is 0.224 e. The summed E-state index contributed by atoms with van der Waals surface area (Å²) in [6.07, 6.45) is 0.492. The molecule has 0 saturated carbocycles. The molecule has 110 valence electrons. The number of amides is 1. The van der Waals surface area contributed by atoms with E-state index in [1.807, 2.05) is 0 Å². The zero-order valence-electron chi connectivity index (χ0n) is 11.3. The summed E-state index contributed by atoms with van der Waals surface area (Å²) in [5.41, 5.74) is 1.19. The molecule has 0 aliphatic carbocycles.